The molecule has 0 aliphatic carbocycles. The third-order valence-corrected chi connectivity index (χ3v) is 4.25. The average molecular weight is 279 g/mol. The van der Waals surface area contributed by atoms with Crippen LogP contribution in [0.25, 0.3) is 0 Å². The van der Waals surface area contributed by atoms with Crippen molar-refractivity contribution in [3.63, 3.8) is 0 Å². The summed E-state index contributed by atoms with van der Waals surface area (Å²) in [6, 6.07) is 0. The van der Waals surface area contributed by atoms with E-state index in [4.69, 9.17) is 18.9 Å². The Labute approximate surface area is 107 Å². The number of aliphatic hydroxyl groups is 1. The van der Waals surface area contributed by atoms with E-state index in [1.54, 1.807) is 0 Å². The van der Waals surface area contributed by atoms with E-state index in [1.165, 1.54) is 13.8 Å². The lowest BCUT2D eigenvalue weighted by Crippen LogP contribution is -2.31. The second-order valence-corrected chi connectivity index (χ2v) is 6.79. The molecule has 6 nitrogen and oxygen atoms in total. The number of aliphatic hydroxyl groups excluding tert-OH is 1. The summed E-state index contributed by atoms with van der Waals surface area (Å²) in [4.78, 5) is 0. The minimum absolute atomic E-state index is 0.256. The van der Waals surface area contributed by atoms with Crippen LogP contribution in [0.4, 0.5) is 0 Å². The van der Waals surface area contributed by atoms with Crippen LogP contribution < -0.4 is 0 Å². The fourth-order valence-corrected chi connectivity index (χ4v) is 2.88. The summed E-state index contributed by atoms with van der Waals surface area (Å²) in [5.41, 5.74) is 0. The Balaban J connectivity index is 2.06. The third kappa shape index (κ3) is 2.74. The van der Waals surface area contributed by atoms with Crippen LogP contribution in [0.5, 0.6) is 0 Å². The lowest BCUT2D eigenvalue weighted by Gasteiger charge is -2.23. The summed E-state index contributed by atoms with van der Waals surface area (Å²) < 4.78 is 33.6. The molecule has 0 spiro atoms. The number of ether oxygens (including phenoxy) is 4. The zero-order chi connectivity index (χ0) is 13.5. The number of fused-ring (bicyclic) bond motifs is 1. The van der Waals surface area contributed by atoms with Crippen LogP contribution in [0, 0.1) is 0 Å². The Kier molecular flexibility index (Phi) is 4.07. The molecule has 2 unspecified atom stereocenters. The van der Waals surface area contributed by atoms with Gasteiger partial charge in [-0.2, -0.15) is 0 Å². The summed E-state index contributed by atoms with van der Waals surface area (Å²) in [6.07, 6.45) is -1.22. The van der Waals surface area contributed by atoms with E-state index in [9.17, 15) is 9.67 Å². The smallest absolute Gasteiger partial charge is 0.353 e. The highest BCUT2D eigenvalue weighted by Crippen LogP contribution is 2.41. The maximum Gasteiger partial charge on any atom is 0.366 e. The van der Waals surface area contributed by atoms with Crippen LogP contribution in [0.2, 0.25) is 0 Å². The Morgan fingerprint density at radius 1 is 1.39 bits per heavy atom. The molecule has 2 heterocycles. The van der Waals surface area contributed by atoms with Gasteiger partial charge in [0, 0.05) is 13.5 Å². The first-order chi connectivity index (χ1) is 8.34. The average Bonchev–Trinajstić information content (AvgIpc) is 2.73. The molecule has 1 N–H and O–H groups in total. The third-order valence-electron chi connectivity index (χ3n) is 3.20. The largest absolute Gasteiger partial charge is 0.366 e. The molecular weight excluding hydrogens is 259 g/mol. The molecule has 2 saturated heterocycles. The van der Waals surface area contributed by atoms with Crippen LogP contribution in [-0.2, 0) is 23.5 Å². The van der Waals surface area contributed by atoms with Gasteiger partial charge in [-0.25, -0.2) is 0 Å². The van der Waals surface area contributed by atoms with Gasteiger partial charge in [0.2, 0.25) is 0 Å². The summed E-state index contributed by atoms with van der Waals surface area (Å²) in [7, 11) is -0.113. The molecule has 0 amide bonds. The fraction of sp³-hybridized carbons (Fsp3) is 1.00. The first-order valence-corrected chi connectivity index (χ1v) is 7.73. The fourth-order valence-electron chi connectivity index (χ4n) is 2.38. The van der Waals surface area contributed by atoms with Crippen LogP contribution in [0.1, 0.15) is 20.3 Å². The van der Waals surface area contributed by atoms with Crippen molar-refractivity contribution >= 4 is 7.80 Å². The Bertz CT molecular complexity index is 333. The normalized spacial score (nSPS) is 40.6. The van der Waals surface area contributed by atoms with Crippen molar-refractivity contribution in [1.29, 1.82) is 0 Å². The molecule has 104 valence electrons. The first kappa shape index (κ1) is 14.3. The van der Waals surface area contributed by atoms with Gasteiger partial charge in [0.1, 0.15) is 18.9 Å². The summed E-state index contributed by atoms with van der Waals surface area (Å²) in [6.45, 7) is 5.15. The van der Waals surface area contributed by atoms with Gasteiger partial charge in [-0.05, 0) is 13.8 Å². The molecule has 0 aromatic carbocycles. The SMILES string of the molecule is CO[C@@H]1O[C@H](CC(O)[P+](C)=O)[C@H]2OC(C)(C)O[C@@H]12. The molecule has 18 heavy (non-hydrogen) atoms. The van der Waals surface area contributed by atoms with Gasteiger partial charge >= 0.3 is 7.80 Å². The molecule has 0 bridgehead atoms. The lowest BCUT2D eigenvalue weighted by atomic mass is 10.1. The van der Waals surface area contributed by atoms with Crippen molar-refractivity contribution in [2.24, 2.45) is 0 Å². The highest BCUT2D eigenvalue weighted by molar-refractivity contribution is 7.44. The second-order valence-electron chi connectivity index (χ2n) is 5.11. The molecule has 0 aromatic heterocycles. The van der Waals surface area contributed by atoms with Crippen molar-refractivity contribution in [2.45, 2.75) is 56.5 Å². The second kappa shape index (κ2) is 5.12. The van der Waals surface area contributed by atoms with Gasteiger partial charge in [0.05, 0.1) is 6.10 Å². The van der Waals surface area contributed by atoms with E-state index in [2.05, 4.69) is 0 Å². The standard InChI is InChI=1S/C11H20O6P/c1-11(2)16-8-6(5-7(12)18(4)13)15-10(14-3)9(8)17-11/h6-10,12H,5H2,1-4H3/q+1/t6-,7?,8-,9-,10-/m1/s1. The molecule has 0 saturated carbocycles. The van der Waals surface area contributed by atoms with Crippen molar-refractivity contribution in [3.8, 4) is 0 Å². The number of methoxy groups -OCH3 is 1. The monoisotopic (exact) mass is 279 g/mol. The summed E-state index contributed by atoms with van der Waals surface area (Å²) in [5.74, 6) is -1.58. The van der Waals surface area contributed by atoms with E-state index in [0.717, 1.165) is 0 Å². The van der Waals surface area contributed by atoms with Crippen molar-refractivity contribution in [1.82, 2.24) is 0 Å². The molecule has 2 fully saturated rings. The highest BCUT2D eigenvalue weighted by atomic mass is 31.1. The van der Waals surface area contributed by atoms with Crippen LogP contribution in [-0.4, -0.2) is 55.1 Å². The number of hydrogen-bond donors (Lipinski definition) is 1. The predicted octanol–water partition coefficient (Wildman–Crippen LogP) is 1.04. The van der Waals surface area contributed by atoms with Gasteiger partial charge < -0.3 is 24.1 Å². The van der Waals surface area contributed by atoms with Crippen LogP contribution in [0.3, 0.4) is 0 Å². The maximum atomic E-state index is 11.2. The van der Waals surface area contributed by atoms with Crippen LogP contribution >= 0.6 is 7.80 Å². The van der Waals surface area contributed by atoms with E-state index < -0.39 is 25.7 Å². The van der Waals surface area contributed by atoms with Crippen molar-refractivity contribution in [3.05, 3.63) is 0 Å². The van der Waals surface area contributed by atoms with Crippen LogP contribution in [0.15, 0.2) is 0 Å². The first-order valence-electron chi connectivity index (χ1n) is 5.96. The zero-order valence-corrected chi connectivity index (χ0v) is 11.9. The Hall–Kier alpha value is -0.100. The number of rotatable bonds is 4. The quantitative estimate of drug-likeness (QED) is 0.775. The van der Waals surface area contributed by atoms with Gasteiger partial charge in [-0.3, -0.25) is 0 Å². The lowest BCUT2D eigenvalue weighted by molar-refractivity contribution is -0.228. The van der Waals surface area contributed by atoms with Gasteiger partial charge in [0.25, 0.3) is 5.85 Å². The van der Waals surface area contributed by atoms with E-state index in [1.807, 2.05) is 13.8 Å². The molecule has 0 radical (unpaired) electrons. The zero-order valence-electron chi connectivity index (χ0n) is 11.0. The maximum absolute atomic E-state index is 11.2. The molecular formula is C11H20O6P+. The molecule has 2 aliphatic heterocycles. The van der Waals surface area contributed by atoms with E-state index in [-0.39, 0.29) is 24.7 Å². The summed E-state index contributed by atoms with van der Waals surface area (Å²) in [5, 5.41) is 9.70. The predicted molar refractivity (Wildman–Crippen MR) is 63.6 cm³/mol. The molecule has 0 aromatic rings. The van der Waals surface area contributed by atoms with Crippen molar-refractivity contribution in [2.75, 3.05) is 13.8 Å². The highest BCUT2D eigenvalue weighted by Gasteiger charge is 2.56. The van der Waals surface area contributed by atoms with Gasteiger partial charge in [-0.15, -0.1) is 0 Å². The Morgan fingerprint density at radius 2 is 2.00 bits per heavy atom. The van der Waals surface area contributed by atoms with Gasteiger partial charge in [-0.1, -0.05) is 4.57 Å². The van der Waals surface area contributed by atoms with Gasteiger partial charge in [0.15, 0.2) is 12.1 Å². The molecule has 2 aliphatic rings. The minimum Gasteiger partial charge on any atom is -0.353 e. The van der Waals surface area contributed by atoms with E-state index in [0.29, 0.717) is 0 Å². The summed E-state index contributed by atoms with van der Waals surface area (Å²) >= 11 is 0. The molecule has 7 heteroatoms. The van der Waals surface area contributed by atoms with Crippen molar-refractivity contribution < 1.29 is 28.6 Å². The molecule has 6 atom stereocenters. The van der Waals surface area contributed by atoms with E-state index >= 15 is 0 Å². The molecule has 2 rings (SSSR count). The minimum atomic E-state index is -1.65. The Morgan fingerprint density at radius 3 is 2.56 bits per heavy atom. The number of hydrogen-bond acceptors (Lipinski definition) is 6. The topological polar surface area (TPSA) is 74.2 Å².